The number of amides is 1. The van der Waals surface area contributed by atoms with Crippen LogP contribution in [0.1, 0.15) is 45.1 Å². The number of nitrogens with one attached hydrogen (secondary N) is 1. The summed E-state index contributed by atoms with van der Waals surface area (Å²) in [6, 6.07) is 3.60. The van der Waals surface area contributed by atoms with Crippen LogP contribution in [0.5, 0.6) is 0 Å². The smallest absolute Gasteiger partial charge is 0.330 e. The van der Waals surface area contributed by atoms with Gasteiger partial charge in [-0.1, -0.05) is 19.9 Å². The highest BCUT2D eigenvalue weighted by Gasteiger charge is 2.67. The Hall–Kier alpha value is -2.02. The van der Waals surface area contributed by atoms with E-state index in [1.54, 1.807) is 13.8 Å². The van der Waals surface area contributed by atoms with Gasteiger partial charge in [-0.25, -0.2) is 13.6 Å². The molecule has 142 valence electrons. The first kappa shape index (κ1) is 18.8. The molecule has 2 saturated carbocycles. The Kier molecular flexibility index (Phi) is 4.55. The lowest BCUT2D eigenvalue weighted by atomic mass is 9.54. The molecule has 2 N–H and O–H groups in total. The summed E-state index contributed by atoms with van der Waals surface area (Å²) in [5, 5.41) is 12.5. The third kappa shape index (κ3) is 2.78. The molecule has 2 aliphatic carbocycles. The first-order valence-electron chi connectivity index (χ1n) is 8.76. The molecule has 2 fully saturated rings. The molecular formula is C19H23F2NO4. The molecule has 0 radical (unpaired) electrons. The Labute approximate surface area is 150 Å². The Morgan fingerprint density at radius 2 is 2.00 bits per heavy atom. The fraction of sp³-hybridized carbons (Fsp3) is 0.579. The maximum absolute atomic E-state index is 13.4. The van der Waals surface area contributed by atoms with Crippen LogP contribution in [0.25, 0.3) is 0 Å². The molecule has 2 aliphatic rings. The lowest BCUT2D eigenvalue weighted by Crippen LogP contribution is -2.76. The van der Waals surface area contributed by atoms with Crippen LogP contribution < -0.4 is 5.32 Å². The standard InChI is InChI=1S/C19H23F2NO4/c1-4-26-15-9-19(17(24)25,18(15,2)3)22-16(23)12-8-11(12)10-5-6-13(20)14(21)7-10/h5-7,11-12,15H,4,8-9H2,1-3H3,(H,22,23)(H,24,25). The van der Waals surface area contributed by atoms with Gasteiger partial charge in [-0.05, 0) is 37.0 Å². The summed E-state index contributed by atoms with van der Waals surface area (Å²) in [6.45, 7) is 5.85. The van der Waals surface area contributed by atoms with E-state index < -0.39 is 34.5 Å². The van der Waals surface area contributed by atoms with E-state index in [0.717, 1.165) is 12.1 Å². The normalized spacial score (nSPS) is 31.8. The minimum absolute atomic E-state index is 0.206. The highest BCUT2D eigenvalue weighted by atomic mass is 19.2. The second kappa shape index (κ2) is 6.30. The van der Waals surface area contributed by atoms with Gasteiger partial charge in [-0.3, -0.25) is 4.79 Å². The highest BCUT2D eigenvalue weighted by Crippen LogP contribution is 2.53. The monoisotopic (exact) mass is 367 g/mol. The lowest BCUT2D eigenvalue weighted by molar-refractivity contribution is -0.194. The van der Waals surface area contributed by atoms with Crippen LogP contribution in [0.2, 0.25) is 0 Å². The van der Waals surface area contributed by atoms with E-state index in [4.69, 9.17) is 4.74 Å². The number of rotatable bonds is 6. The van der Waals surface area contributed by atoms with Crippen molar-refractivity contribution < 1.29 is 28.2 Å². The van der Waals surface area contributed by atoms with Crippen molar-refractivity contribution in [2.45, 2.75) is 51.2 Å². The summed E-state index contributed by atoms with van der Waals surface area (Å²) < 4.78 is 32.0. The molecule has 7 heteroatoms. The topological polar surface area (TPSA) is 75.6 Å². The number of carboxylic acids is 1. The first-order valence-corrected chi connectivity index (χ1v) is 8.76. The summed E-state index contributed by atoms with van der Waals surface area (Å²) in [7, 11) is 0. The molecule has 1 aromatic rings. The maximum atomic E-state index is 13.4. The highest BCUT2D eigenvalue weighted by molar-refractivity contribution is 5.91. The average molecular weight is 367 g/mol. The number of halogens is 2. The van der Waals surface area contributed by atoms with Gasteiger partial charge in [0.2, 0.25) is 5.91 Å². The van der Waals surface area contributed by atoms with E-state index in [1.807, 2.05) is 6.92 Å². The fourth-order valence-corrected chi connectivity index (χ4v) is 3.94. The molecule has 4 unspecified atom stereocenters. The third-order valence-electron chi connectivity index (χ3n) is 5.97. The Balaban J connectivity index is 1.71. The van der Waals surface area contributed by atoms with Gasteiger partial charge in [0, 0.05) is 24.4 Å². The number of aliphatic carboxylic acids is 1. The van der Waals surface area contributed by atoms with Crippen molar-refractivity contribution >= 4 is 11.9 Å². The van der Waals surface area contributed by atoms with Gasteiger partial charge < -0.3 is 15.2 Å². The molecule has 0 bridgehead atoms. The van der Waals surface area contributed by atoms with Gasteiger partial charge in [-0.2, -0.15) is 0 Å². The van der Waals surface area contributed by atoms with E-state index in [2.05, 4.69) is 5.32 Å². The zero-order chi connectivity index (χ0) is 19.3. The predicted octanol–water partition coefficient (Wildman–Crippen LogP) is 2.84. The molecule has 0 spiro atoms. The third-order valence-corrected chi connectivity index (χ3v) is 5.97. The molecule has 1 amide bonds. The number of hydrogen-bond acceptors (Lipinski definition) is 3. The molecule has 4 atom stereocenters. The van der Waals surface area contributed by atoms with Gasteiger partial charge in [0.25, 0.3) is 0 Å². The van der Waals surface area contributed by atoms with E-state index in [-0.39, 0.29) is 24.3 Å². The van der Waals surface area contributed by atoms with Gasteiger partial charge in [0.1, 0.15) is 5.54 Å². The zero-order valence-corrected chi connectivity index (χ0v) is 15.0. The Morgan fingerprint density at radius 3 is 2.54 bits per heavy atom. The first-order chi connectivity index (χ1) is 12.1. The van der Waals surface area contributed by atoms with E-state index >= 15 is 0 Å². The van der Waals surface area contributed by atoms with Crippen LogP contribution >= 0.6 is 0 Å². The van der Waals surface area contributed by atoms with Crippen LogP contribution in [0, 0.1) is 23.0 Å². The van der Waals surface area contributed by atoms with Crippen molar-refractivity contribution in [1.29, 1.82) is 0 Å². The minimum atomic E-state index is -1.38. The van der Waals surface area contributed by atoms with E-state index in [0.29, 0.717) is 18.6 Å². The molecule has 26 heavy (non-hydrogen) atoms. The van der Waals surface area contributed by atoms with Crippen LogP contribution in [0.4, 0.5) is 8.78 Å². The second-order valence-corrected chi connectivity index (χ2v) is 7.69. The van der Waals surface area contributed by atoms with Gasteiger partial charge in [0.05, 0.1) is 6.10 Å². The quantitative estimate of drug-likeness (QED) is 0.811. The largest absolute Gasteiger partial charge is 0.479 e. The van der Waals surface area contributed by atoms with Crippen molar-refractivity contribution in [3.05, 3.63) is 35.4 Å². The second-order valence-electron chi connectivity index (χ2n) is 7.69. The van der Waals surface area contributed by atoms with Crippen LogP contribution in [-0.2, 0) is 14.3 Å². The summed E-state index contributed by atoms with van der Waals surface area (Å²) in [5.41, 5.74) is -1.59. The fourth-order valence-electron chi connectivity index (χ4n) is 3.94. The number of hydrogen-bond donors (Lipinski definition) is 2. The summed E-state index contributed by atoms with van der Waals surface area (Å²) in [4.78, 5) is 24.5. The lowest BCUT2D eigenvalue weighted by Gasteiger charge is -2.58. The van der Waals surface area contributed by atoms with Crippen LogP contribution in [0.3, 0.4) is 0 Å². The van der Waals surface area contributed by atoms with Gasteiger partial charge in [0.15, 0.2) is 11.6 Å². The van der Waals surface area contributed by atoms with Crippen LogP contribution in [-0.4, -0.2) is 35.2 Å². The van der Waals surface area contributed by atoms with Crippen LogP contribution in [0.15, 0.2) is 18.2 Å². The van der Waals surface area contributed by atoms with Crippen molar-refractivity contribution in [1.82, 2.24) is 5.32 Å². The zero-order valence-electron chi connectivity index (χ0n) is 15.0. The number of benzene rings is 1. The summed E-state index contributed by atoms with van der Waals surface area (Å²) in [5.74, 6) is -3.99. The minimum Gasteiger partial charge on any atom is -0.479 e. The molecular weight excluding hydrogens is 344 g/mol. The number of carboxylic acid groups (broad SMARTS) is 1. The van der Waals surface area contributed by atoms with E-state index in [1.165, 1.54) is 6.07 Å². The number of carbonyl (C=O) groups excluding carboxylic acids is 1. The summed E-state index contributed by atoms with van der Waals surface area (Å²) >= 11 is 0. The van der Waals surface area contributed by atoms with Crippen molar-refractivity contribution in [3.8, 4) is 0 Å². The van der Waals surface area contributed by atoms with Crippen molar-refractivity contribution in [2.24, 2.45) is 11.3 Å². The molecule has 0 aromatic heterocycles. The molecule has 3 rings (SSSR count). The molecule has 0 saturated heterocycles. The van der Waals surface area contributed by atoms with Crippen molar-refractivity contribution in [3.63, 3.8) is 0 Å². The average Bonchev–Trinajstić information content (AvgIpc) is 3.36. The molecule has 5 nitrogen and oxygen atoms in total. The Morgan fingerprint density at radius 1 is 1.31 bits per heavy atom. The summed E-state index contributed by atoms with van der Waals surface area (Å²) in [6.07, 6.45) is 0.449. The van der Waals surface area contributed by atoms with Crippen molar-refractivity contribution in [2.75, 3.05) is 6.61 Å². The SMILES string of the molecule is CCOC1CC(NC(=O)C2CC2c2ccc(F)c(F)c2)(C(=O)O)C1(C)C. The molecule has 0 aliphatic heterocycles. The van der Waals surface area contributed by atoms with E-state index in [9.17, 15) is 23.5 Å². The number of ether oxygens (including phenoxy) is 1. The van der Waals surface area contributed by atoms with Gasteiger partial charge >= 0.3 is 5.97 Å². The molecule has 1 aromatic carbocycles. The Bertz CT molecular complexity index is 751. The molecule has 0 heterocycles. The van der Waals surface area contributed by atoms with Gasteiger partial charge in [-0.15, -0.1) is 0 Å². The maximum Gasteiger partial charge on any atom is 0.330 e. The predicted molar refractivity (Wildman–Crippen MR) is 89.5 cm³/mol. The number of carbonyl (C=O) groups is 2.